The van der Waals surface area contributed by atoms with E-state index in [2.05, 4.69) is 5.32 Å². The number of carbonyl (C=O) groups is 1. The van der Waals surface area contributed by atoms with Gasteiger partial charge in [-0.05, 0) is 74.4 Å². The number of nitrogens with zero attached hydrogens (tertiary/aromatic N) is 2. The van der Waals surface area contributed by atoms with Gasteiger partial charge in [0.1, 0.15) is 5.75 Å². The van der Waals surface area contributed by atoms with Crippen LogP contribution in [0.4, 0.5) is 5.69 Å². The number of allylic oxidation sites excluding steroid dienone is 1. The van der Waals surface area contributed by atoms with Gasteiger partial charge < -0.3 is 19.5 Å². The Morgan fingerprint density at radius 2 is 1.83 bits per heavy atom. The summed E-state index contributed by atoms with van der Waals surface area (Å²) in [5.41, 5.74) is 2.61. The van der Waals surface area contributed by atoms with E-state index in [9.17, 15) is 9.59 Å². The molecule has 1 aromatic heterocycles. The van der Waals surface area contributed by atoms with Crippen molar-refractivity contribution in [3.8, 4) is 17.2 Å². The maximum atomic E-state index is 14.0. The highest BCUT2D eigenvalue weighted by Gasteiger charge is 2.33. The number of para-hydroxylation sites is 1. The summed E-state index contributed by atoms with van der Waals surface area (Å²) in [5.74, 6) is 1.16. The van der Waals surface area contributed by atoms with Crippen molar-refractivity contribution in [2.24, 2.45) is 4.99 Å². The molecule has 0 saturated heterocycles. The van der Waals surface area contributed by atoms with E-state index in [4.69, 9.17) is 30.8 Å². The summed E-state index contributed by atoms with van der Waals surface area (Å²) in [5, 5.41) is 3.32. The van der Waals surface area contributed by atoms with Crippen LogP contribution in [-0.4, -0.2) is 30.8 Å². The minimum Gasteiger partial charge on any atom is -0.497 e. The van der Waals surface area contributed by atoms with Crippen LogP contribution in [-0.2, 0) is 4.79 Å². The zero-order valence-corrected chi connectivity index (χ0v) is 25.4. The van der Waals surface area contributed by atoms with Crippen molar-refractivity contribution >= 4 is 40.6 Å². The summed E-state index contributed by atoms with van der Waals surface area (Å²) in [7, 11) is 3.11. The minimum atomic E-state index is -0.734. The molecule has 1 N–H and O–H groups in total. The number of hydrogen-bond acceptors (Lipinski definition) is 7. The number of fused-ring (bicyclic) bond motifs is 1. The van der Waals surface area contributed by atoms with Gasteiger partial charge in [0, 0.05) is 5.69 Å². The highest BCUT2D eigenvalue weighted by atomic mass is 35.5. The number of aromatic nitrogens is 1. The van der Waals surface area contributed by atoms with Crippen LogP contribution >= 0.6 is 22.9 Å². The van der Waals surface area contributed by atoms with Crippen molar-refractivity contribution in [3.63, 3.8) is 0 Å². The van der Waals surface area contributed by atoms with Crippen LogP contribution in [0.25, 0.3) is 6.08 Å². The number of anilines is 1. The van der Waals surface area contributed by atoms with E-state index in [-0.39, 0.29) is 17.6 Å². The van der Waals surface area contributed by atoms with Crippen molar-refractivity contribution in [3.05, 3.63) is 114 Å². The Morgan fingerprint density at radius 1 is 1.07 bits per heavy atom. The molecule has 2 heterocycles. The first-order valence-corrected chi connectivity index (χ1v) is 14.5. The second kappa shape index (κ2) is 12.3. The van der Waals surface area contributed by atoms with E-state index >= 15 is 0 Å². The smallest absolute Gasteiger partial charge is 0.271 e. The first-order valence-electron chi connectivity index (χ1n) is 13.3. The number of halogens is 1. The lowest BCUT2D eigenvalue weighted by atomic mass is 9.95. The van der Waals surface area contributed by atoms with Gasteiger partial charge in [0.25, 0.3) is 11.5 Å². The van der Waals surface area contributed by atoms with Crippen LogP contribution in [0.2, 0.25) is 5.02 Å². The van der Waals surface area contributed by atoms with Gasteiger partial charge in [-0.15, -0.1) is 0 Å². The zero-order chi connectivity index (χ0) is 30.0. The Kier molecular flexibility index (Phi) is 8.51. The number of hydrogen-bond donors (Lipinski definition) is 1. The van der Waals surface area contributed by atoms with Crippen molar-refractivity contribution < 1.29 is 19.0 Å². The van der Waals surface area contributed by atoms with E-state index < -0.39 is 6.04 Å². The molecule has 0 fully saturated rings. The quantitative estimate of drug-likeness (QED) is 0.294. The Bertz CT molecular complexity index is 1860. The first-order chi connectivity index (χ1) is 20.2. The summed E-state index contributed by atoms with van der Waals surface area (Å²) in [6, 6.07) is 19.3. The maximum Gasteiger partial charge on any atom is 0.271 e. The van der Waals surface area contributed by atoms with Crippen molar-refractivity contribution in [2.75, 3.05) is 19.5 Å². The molecule has 1 aliphatic rings. The topological polar surface area (TPSA) is 91.2 Å². The van der Waals surface area contributed by atoms with Crippen LogP contribution in [0.15, 0.2) is 87.8 Å². The van der Waals surface area contributed by atoms with Crippen molar-refractivity contribution in [1.29, 1.82) is 0 Å². The summed E-state index contributed by atoms with van der Waals surface area (Å²) >= 11 is 7.79. The fourth-order valence-corrected chi connectivity index (χ4v) is 6.09. The molecule has 4 aromatic rings. The lowest BCUT2D eigenvalue weighted by Gasteiger charge is -2.25. The monoisotopic (exact) mass is 603 g/mol. The summed E-state index contributed by atoms with van der Waals surface area (Å²) in [6.45, 7) is 5.58. The van der Waals surface area contributed by atoms with E-state index in [0.29, 0.717) is 54.1 Å². The molecule has 0 unspecified atom stereocenters. The molecule has 0 radical (unpaired) electrons. The van der Waals surface area contributed by atoms with E-state index in [1.54, 1.807) is 48.9 Å². The van der Waals surface area contributed by atoms with Crippen molar-refractivity contribution in [2.45, 2.75) is 32.9 Å². The fourth-order valence-electron chi connectivity index (χ4n) is 4.78. The average Bonchev–Trinajstić information content (AvgIpc) is 3.27. The average molecular weight is 604 g/mol. The van der Waals surface area contributed by atoms with Crippen LogP contribution in [0.5, 0.6) is 17.2 Å². The molecule has 5 rings (SSSR count). The molecule has 10 heteroatoms. The number of ether oxygens (including phenoxy) is 3. The summed E-state index contributed by atoms with van der Waals surface area (Å²) in [4.78, 5) is 33.0. The van der Waals surface area contributed by atoms with Crippen LogP contribution in [0.1, 0.15) is 37.9 Å². The van der Waals surface area contributed by atoms with Gasteiger partial charge in [0.15, 0.2) is 16.3 Å². The number of benzene rings is 3. The highest BCUT2D eigenvalue weighted by Crippen LogP contribution is 2.37. The molecule has 1 amide bonds. The number of methoxy groups -OCH3 is 2. The zero-order valence-electron chi connectivity index (χ0n) is 23.8. The van der Waals surface area contributed by atoms with Crippen molar-refractivity contribution in [1.82, 2.24) is 4.57 Å². The summed E-state index contributed by atoms with van der Waals surface area (Å²) < 4.78 is 18.8. The number of carbonyl (C=O) groups excluding carboxylic acids is 1. The third-order valence-corrected chi connectivity index (χ3v) is 7.87. The minimum absolute atomic E-state index is 0.0981. The van der Waals surface area contributed by atoms with Gasteiger partial charge in [-0.1, -0.05) is 53.3 Å². The van der Waals surface area contributed by atoms with Crippen LogP contribution < -0.4 is 34.4 Å². The molecule has 8 nitrogen and oxygen atoms in total. The van der Waals surface area contributed by atoms with Gasteiger partial charge in [-0.25, -0.2) is 4.99 Å². The molecule has 42 heavy (non-hydrogen) atoms. The van der Waals surface area contributed by atoms with E-state index in [0.717, 1.165) is 5.56 Å². The fraction of sp³-hybridized carbons (Fsp3) is 0.219. The SMILES string of the molecule is COc1cccc([C@@H]2C(C(=O)Nc3ccccc3)=C(C)N=c3s/c(=C\c4cc(Cl)c(OC(C)C)c(OC)c4)c(=O)n32)c1. The lowest BCUT2D eigenvalue weighted by molar-refractivity contribution is -0.113. The Morgan fingerprint density at radius 3 is 2.52 bits per heavy atom. The van der Waals surface area contributed by atoms with Gasteiger partial charge >= 0.3 is 0 Å². The van der Waals surface area contributed by atoms with Gasteiger partial charge in [0.05, 0.1) is 47.2 Å². The molecule has 216 valence electrons. The maximum absolute atomic E-state index is 14.0. The normalized spacial score (nSPS) is 14.8. The molecule has 3 aromatic carbocycles. The third-order valence-electron chi connectivity index (χ3n) is 6.61. The molecule has 0 spiro atoms. The van der Waals surface area contributed by atoms with Crippen LogP contribution in [0.3, 0.4) is 0 Å². The first kappa shape index (κ1) is 29.2. The predicted molar refractivity (Wildman–Crippen MR) is 166 cm³/mol. The predicted octanol–water partition coefficient (Wildman–Crippen LogP) is 5.33. The number of nitrogens with one attached hydrogen (secondary N) is 1. The summed E-state index contributed by atoms with van der Waals surface area (Å²) in [6.07, 6.45) is 1.64. The van der Waals surface area contributed by atoms with Crippen LogP contribution in [0, 0.1) is 0 Å². The Balaban J connectivity index is 1.66. The van der Waals surface area contributed by atoms with Gasteiger partial charge in [0.2, 0.25) is 0 Å². The van der Waals surface area contributed by atoms with E-state index in [1.165, 1.54) is 18.4 Å². The second-order valence-electron chi connectivity index (χ2n) is 9.88. The lowest BCUT2D eigenvalue weighted by Crippen LogP contribution is -2.40. The molecule has 1 aliphatic heterocycles. The second-order valence-corrected chi connectivity index (χ2v) is 11.3. The molecular formula is C32H30ClN3O5S. The molecule has 0 saturated carbocycles. The standard InChI is InChI=1S/C32H30ClN3O5S/c1-18(2)41-29-24(33)14-20(15-25(29)40-5)16-26-31(38)36-28(21-10-9-13-23(17-21)39-4)27(19(3)34-32(36)42-26)30(37)35-22-11-7-6-8-12-22/h6-18,28H,1-5H3,(H,35,37)/b26-16-/t28-/m1/s1. The highest BCUT2D eigenvalue weighted by molar-refractivity contribution is 7.07. The number of rotatable bonds is 8. The largest absolute Gasteiger partial charge is 0.497 e. The third kappa shape index (κ3) is 5.84. The van der Waals surface area contributed by atoms with E-state index in [1.807, 2.05) is 56.3 Å². The molecule has 0 aliphatic carbocycles. The number of thiazole rings is 1. The van der Waals surface area contributed by atoms with Gasteiger partial charge in [-0.2, -0.15) is 0 Å². The molecule has 1 atom stereocenters. The Hall–Kier alpha value is -4.34. The van der Waals surface area contributed by atoms with Gasteiger partial charge in [-0.3, -0.25) is 14.2 Å². The number of amides is 1. The Labute approximate surface area is 252 Å². The molecule has 0 bridgehead atoms. The molecular weight excluding hydrogens is 574 g/mol.